The number of carbonyl (C=O) groups excluding carboxylic acids is 1. The van der Waals surface area contributed by atoms with Gasteiger partial charge in [-0.05, 0) is 31.4 Å². The molecular formula is C16H21F2NO2. The molecule has 0 heterocycles. The Bertz CT molecular complexity index is 509. The second-order valence-corrected chi connectivity index (χ2v) is 5.73. The predicted molar refractivity (Wildman–Crippen MR) is 75.7 cm³/mol. The summed E-state index contributed by atoms with van der Waals surface area (Å²) in [7, 11) is 0. The van der Waals surface area contributed by atoms with Crippen LogP contribution in [0.3, 0.4) is 0 Å². The Hall–Kier alpha value is -1.49. The molecule has 1 aromatic carbocycles. The third-order valence-electron chi connectivity index (χ3n) is 4.41. The van der Waals surface area contributed by atoms with Gasteiger partial charge in [0.1, 0.15) is 11.6 Å². The molecule has 1 amide bonds. The second kappa shape index (κ2) is 6.10. The molecule has 1 aromatic rings. The maximum atomic E-state index is 13.7. The lowest BCUT2D eigenvalue weighted by molar-refractivity contribution is -0.123. The fraction of sp³-hybridized carbons (Fsp3) is 0.562. The smallest absolute Gasteiger partial charge is 0.223 e. The molecule has 2 atom stereocenters. The summed E-state index contributed by atoms with van der Waals surface area (Å²) in [6, 6.07) is 3.73. The summed E-state index contributed by atoms with van der Waals surface area (Å²) in [5, 5.41) is 12.8. The average Bonchev–Trinajstić information content (AvgIpc) is 3.24. The number of nitrogens with one attached hydrogen (secondary N) is 1. The molecule has 1 aliphatic carbocycles. The summed E-state index contributed by atoms with van der Waals surface area (Å²) in [6.45, 7) is 3.87. The van der Waals surface area contributed by atoms with Gasteiger partial charge >= 0.3 is 0 Å². The Balaban J connectivity index is 1.96. The molecule has 2 unspecified atom stereocenters. The number of hydrogen-bond acceptors (Lipinski definition) is 2. The van der Waals surface area contributed by atoms with E-state index in [2.05, 4.69) is 5.32 Å². The summed E-state index contributed by atoms with van der Waals surface area (Å²) in [6.07, 6.45) is 1.53. The van der Waals surface area contributed by atoms with Crippen LogP contribution in [0.15, 0.2) is 18.2 Å². The number of amides is 1. The molecule has 0 spiro atoms. The number of carbonyl (C=O) groups is 1. The fourth-order valence-electron chi connectivity index (χ4n) is 2.55. The van der Waals surface area contributed by atoms with Gasteiger partial charge < -0.3 is 10.4 Å². The maximum Gasteiger partial charge on any atom is 0.223 e. The van der Waals surface area contributed by atoms with Gasteiger partial charge in [0.25, 0.3) is 0 Å². The number of rotatable bonds is 6. The van der Waals surface area contributed by atoms with Crippen LogP contribution in [-0.2, 0) is 4.79 Å². The minimum absolute atomic E-state index is 0.00102. The highest BCUT2D eigenvalue weighted by Crippen LogP contribution is 2.49. The molecule has 2 rings (SSSR count). The van der Waals surface area contributed by atoms with Crippen LogP contribution in [0.4, 0.5) is 8.78 Å². The van der Waals surface area contributed by atoms with E-state index in [1.807, 2.05) is 13.8 Å². The van der Waals surface area contributed by atoms with Crippen molar-refractivity contribution in [3.8, 4) is 0 Å². The van der Waals surface area contributed by atoms with Crippen LogP contribution in [0.25, 0.3) is 0 Å². The van der Waals surface area contributed by atoms with Crippen molar-refractivity contribution in [1.82, 2.24) is 5.32 Å². The third-order valence-corrected chi connectivity index (χ3v) is 4.41. The van der Waals surface area contributed by atoms with Gasteiger partial charge in [-0.2, -0.15) is 0 Å². The van der Waals surface area contributed by atoms with Crippen molar-refractivity contribution < 1.29 is 18.7 Å². The molecule has 5 heteroatoms. The van der Waals surface area contributed by atoms with Crippen molar-refractivity contribution >= 4 is 5.91 Å². The lowest BCUT2D eigenvalue weighted by Crippen LogP contribution is -2.42. The lowest BCUT2D eigenvalue weighted by Gasteiger charge is -2.25. The second-order valence-electron chi connectivity index (χ2n) is 5.73. The van der Waals surface area contributed by atoms with E-state index in [0.717, 1.165) is 0 Å². The van der Waals surface area contributed by atoms with Crippen LogP contribution in [-0.4, -0.2) is 23.2 Å². The van der Waals surface area contributed by atoms with Crippen LogP contribution in [0.5, 0.6) is 0 Å². The SMILES string of the molecule is CCC(O)(CC)CNC(=O)C1CC1c1c(F)cccc1F. The molecule has 3 nitrogen and oxygen atoms in total. The fourth-order valence-corrected chi connectivity index (χ4v) is 2.55. The van der Waals surface area contributed by atoms with Crippen molar-refractivity contribution in [1.29, 1.82) is 0 Å². The predicted octanol–water partition coefficient (Wildman–Crippen LogP) is 2.74. The van der Waals surface area contributed by atoms with Gasteiger partial charge in [-0.25, -0.2) is 8.78 Å². The quantitative estimate of drug-likeness (QED) is 0.848. The van der Waals surface area contributed by atoms with E-state index in [-0.39, 0.29) is 18.0 Å². The van der Waals surface area contributed by atoms with E-state index in [1.54, 1.807) is 0 Å². The molecule has 1 saturated carbocycles. The zero-order chi connectivity index (χ0) is 15.6. The summed E-state index contributed by atoms with van der Waals surface area (Å²) in [4.78, 5) is 12.0. The van der Waals surface area contributed by atoms with E-state index in [1.165, 1.54) is 18.2 Å². The first-order chi connectivity index (χ1) is 9.91. The summed E-state index contributed by atoms with van der Waals surface area (Å²) >= 11 is 0. The molecule has 2 N–H and O–H groups in total. The van der Waals surface area contributed by atoms with Crippen molar-refractivity contribution in [3.05, 3.63) is 35.4 Å². The number of hydrogen-bond donors (Lipinski definition) is 2. The molecule has 0 radical (unpaired) electrons. The zero-order valence-electron chi connectivity index (χ0n) is 12.3. The molecule has 116 valence electrons. The van der Waals surface area contributed by atoms with Gasteiger partial charge in [-0.3, -0.25) is 4.79 Å². The van der Waals surface area contributed by atoms with Crippen LogP contribution >= 0.6 is 0 Å². The Labute approximate surface area is 123 Å². The molecule has 1 aliphatic rings. The zero-order valence-corrected chi connectivity index (χ0v) is 12.3. The topological polar surface area (TPSA) is 49.3 Å². The van der Waals surface area contributed by atoms with E-state index in [0.29, 0.717) is 19.3 Å². The largest absolute Gasteiger partial charge is 0.388 e. The Morgan fingerprint density at radius 3 is 2.43 bits per heavy atom. The summed E-state index contributed by atoms with van der Waals surface area (Å²) in [5.74, 6) is -2.26. The van der Waals surface area contributed by atoms with Gasteiger partial charge in [-0.15, -0.1) is 0 Å². The van der Waals surface area contributed by atoms with Gasteiger partial charge in [0, 0.05) is 23.9 Å². The summed E-state index contributed by atoms with van der Waals surface area (Å²) in [5.41, 5.74) is -0.914. The molecule has 0 saturated heterocycles. The Morgan fingerprint density at radius 2 is 1.90 bits per heavy atom. The van der Waals surface area contributed by atoms with E-state index in [9.17, 15) is 18.7 Å². The van der Waals surface area contributed by atoms with E-state index >= 15 is 0 Å². The lowest BCUT2D eigenvalue weighted by atomic mass is 9.97. The van der Waals surface area contributed by atoms with Crippen molar-refractivity contribution in [2.45, 2.75) is 44.6 Å². The third kappa shape index (κ3) is 3.40. The first kappa shape index (κ1) is 15.9. The van der Waals surface area contributed by atoms with E-state index < -0.39 is 29.1 Å². The first-order valence-electron chi connectivity index (χ1n) is 7.36. The molecule has 0 aromatic heterocycles. The molecular weight excluding hydrogens is 276 g/mol. The van der Waals surface area contributed by atoms with Crippen molar-refractivity contribution in [2.75, 3.05) is 6.54 Å². The highest BCUT2D eigenvalue weighted by atomic mass is 19.1. The molecule has 0 bridgehead atoms. The van der Waals surface area contributed by atoms with Gasteiger partial charge in [0.15, 0.2) is 0 Å². The van der Waals surface area contributed by atoms with Gasteiger partial charge in [0.05, 0.1) is 5.60 Å². The highest BCUT2D eigenvalue weighted by molar-refractivity contribution is 5.83. The van der Waals surface area contributed by atoms with Crippen LogP contribution in [0.1, 0.15) is 44.6 Å². The van der Waals surface area contributed by atoms with Gasteiger partial charge in [0.2, 0.25) is 5.91 Å². The number of halogens is 2. The monoisotopic (exact) mass is 297 g/mol. The molecule has 1 fully saturated rings. The minimum atomic E-state index is -0.913. The van der Waals surface area contributed by atoms with Crippen LogP contribution in [0, 0.1) is 17.6 Å². The van der Waals surface area contributed by atoms with Crippen molar-refractivity contribution in [3.63, 3.8) is 0 Å². The summed E-state index contributed by atoms with van der Waals surface area (Å²) < 4.78 is 27.3. The minimum Gasteiger partial charge on any atom is -0.388 e. The van der Waals surface area contributed by atoms with Crippen molar-refractivity contribution in [2.24, 2.45) is 5.92 Å². The average molecular weight is 297 g/mol. The van der Waals surface area contributed by atoms with Gasteiger partial charge in [-0.1, -0.05) is 19.9 Å². The normalized spacial score (nSPS) is 21.2. The maximum absolute atomic E-state index is 13.7. The number of aliphatic hydroxyl groups is 1. The highest BCUT2D eigenvalue weighted by Gasteiger charge is 2.46. The molecule has 21 heavy (non-hydrogen) atoms. The van der Waals surface area contributed by atoms with Crippen LogP contribution < -0.4 is 5.32 Å². The Kier molecular flexibility index (Phi) is 4.61. The van der Waals surface area contributed by atoms with E-state index in [4.69, 9.17) is 0 Å². The Morgan fingerprint density at radius 1 is 1.33 bits per heavy atom. The van der Waals surface area contributed by atoms with Crippen LogP contribution in [0.2, 0.25) is 0 Å². The molecule has 0 aliphatic heterocycles. The first-order valence-corrected chi connectivity index (χ1v) is 7.36. The standard InChI is InChI=1S/C16H21F2NO2/c1-3-16(21,4-2)9-19-15(20)11-8-10(11)14-12(17)6-5-7-13(14)18/h5-7,10-11,21H,3-4,8-9H2,1-2H3,(H,19,20). The number of benzene rings is 1.